The molecule has 1 saturated heterocycles. The molecule has 1 aliphatic rings. The standard InChI is InChI=1S/C16H18N2O3/c1-17-9-7-11-5-6-12(10-14(11)17)15(19)18-8-3-4-13(18)16(20)21-2/h5-7,9-10,13H,3-4,8H2,1-2H3. The minimum atomic E-state index is -0.452. The van der Waals surface area contributed by atoms with Crippen molar-refractivity contribution in [2.45, 2.75) is 18.9 Å². The van der Waals surface area contributed by atoms with E-state index in [4.69, 9.17) is 4.74 Å². The van der Waals surface area contributed by atoms with E-state index >= 15 is 0 Å². The van der Waals surface area contributed by atoms with Gasteiger partial charge in [-0.05, 0) is 36.4 Å². The van der Waals surface area contributed by atoms with Gasteiger partial charge < -0.3 is 14.2 Å². The van der Waals surface area contributed by atoms with Gasteiger partial charge in [0.2, 0.25) is 0 Å². The fourth-order valence-corrected chi connectivity index (χ4v) is 2.95. The fourth-order valence-electron chi connectivity index (χ4n) is 2.95. The predicted octanol–water partition coefficient (Wildman–Crippen LogP) is 1.96. The van der Waals surface area contributed by atoms with Crippen molar-refractivity contribution in [3.05, 3.63) is 36.0 Å². The van der Waals surface area contributed by atoms with Crippen LogP contribution in [0.5, 0.6) is 0 Å². The lowest BCUT2D eigenvalue weighted by Gasteiger charge is -2.22. The first-order valence-corrected chi connectivity index (χ1v) is 7.05. The third-order valence-corrected chi connectivity index (χ3v) is 4.12. The molecule has 1 unspecified atom stereocenters. The Labute approximate surface area is 123 Å². The van der Waals surface area contributed by atoms with E-state index in [0.29, 0.717) is 18.5 Å². The fraction of sp³-hybridized carbons (Fsp3) is 0.375. The lowest BCUT2D eigenvalue weighted by molar-refractivity contribution is -0.145. The number of amides is 1. The Bertz CT molecular complexity index is 705. The summed E-state index contributed by atoms with van der Waals surface area (Å²) in [6.07, 6.45) is 3.47. The summed E-state index contributed by atoms with van der Waals surface area (Å²) in [5, 5.41) is 1.10. The van der Waals surface area contributed by atoms with Crippen LogP contribution in [-0.4, -0.2) is 41.0 Å². The number of carbonyl (C=O) groups is 2. The molecule has 1 fully saturated rings. The zero-order valence-corrected chi connectivity index (χ0v) is 12.2. The van der Waals surface area contributed by atoms with E-state index in [2.05, 4.69) is 0 Å². The van der Waals surface area contributed by atoms with E-state index in [1.165, 1.54) is 7.11 Å². The monoisotopic (exact) mass is 286 g/mol. The second-order valence-corrected chi connectivity index (χ2v) is 5.38. The van der Waals surface area contributed by atoms with Crippen molar-refractivity contribution in [1.29, 1.82) is 0 Å². The van der Waals surface area contributed by atoms with Crippen molar-refractivity contribution < 1.29 is 14.3 Å². The highest BCUT2D eigenvalue weighted by atomic mass is 16.5. The number of likely N-dealkylation sites (tertiary alicyclic amines) is 1. The number of methoxy groups -OCH3 is 1. The molecule has 1 amide bonds. The summed E-state index contributed by atoms with van der Waals surface area (Å²) in [4.78, 5) is 26.0. The number of aromatic nitrogens is 1. The number of rotatable bonds is 2. The highest BCUT2D eigenvalue weighted by Gasteiger charge is 2.35. The third kappa shape index (κ3) is 2.28. The van der Waals surface area contributed by atoms with Gasteiger partial charge >= 0.3 is 5.97 Å². The summed E-state index contributed by atoms with van der Waals surface area (Å²) >= 11 is 0. The SMILES string of the molecule is COC(=O)C1CCCN1C(=O)c1ccc2ccn(C)c2c1. The second kappa shape index (κ2) is 5.24. The molecule has 0 aliphatic carbocycles. The predicted molar refractivity (Wildman–Crippen MR) is 79.0 cm³/mol. The molecule has 1 aromatic carbocycles. The number of hydrogen-bond acceptors (Lipinski definition) is 3. The first-order chi connectivity index (χ1) is 10.1. The molecule has 3 rings (SSSR count). The van der Waals surface area contributed by atoms with Gasteiger partial charge in [-0.3, -0.25) is 4.79 Å². The van der Waals surface area contributed by atoms with Gasteiger partial charge in [0.25, 0.3) is 5.91 Å². The summed E-state index contributed by atoms with van der Waals surface area (Å²) in [6.45, 7) is 0.601. The van der Waals surface area contributed by atoms with Crippen LogP contribution in [0.1, 0.15) is 23.2 Å². The lowest BCUT2D eigenvalue weighted by atomic mass is 10.1. The normalized spacial score (nSPS) is 18.2. The molecule has 1 aromatic heterocycles. The molecule has 1 aliphatic heterocycles. The van der Waals surface area contributed by atoms with Gasteiger partial charge in [-0.25, -0.2) is 4.79 Å². The number of carbonyl (C=O) groups excluding carboxylic acids is 2. The van der Waals surface area contributed by atoms with Crippen LogP contribution in [0.15, 0.2) is 30.5 Å². The molecule has 1 atom stereocenters. The van der Waals surface area contributed by atoms with Crippen molar-refractivity contribution >= 4 is 22.8 Å². The molecule has 21 heavy (non-hydrogen) atoms. The molecule has 0 spiro atoms. The largest absolute Gasteiger partial charge is 0.467 e. The summed E-state index contributed by atoms with van der Waals surface area (Å²) in [5.41, 5.74) is 1.62. The maximum absolute atomic E-state index is 12.7. The maximum Gasteiger partial charge on any atom is 0.328 e. The van der Waals surface area contributed by atoms with Crippen LogP contribution in [0.4, 0.5) is 0 Å². The van der Waals surface area contributed by atoms with E-state index in [1.807, 2.05) is 42.1 Å². The van der Waals surface area contributed by atoms with Crippen LogP contribution < -0.4 is 0 Å². The van der Waals surface area contributed by atoms with Crippen molar-refractivity contribution in [1.82, 2.24) is 9.47 Å². The smallest absolute Gasteiger partial charge is 0.328 e. The molecular formula is C16H18N2O3. The molecule has 0 saturated carbocycles. The number of fused-ring (bicyclic) bond motifs is 1. The van der Waals surface area contributed by atoms with Gasteiger partial charge in [-0.15, -0.1) is 0 Å². The first-order valence-electron chi connectivity index (χ1n) is 7.05. The Hall–Kier alpha value is -2.30. The molecule has 110 valence electrons. The summed E-state index contributed by atoms with van der Waals surface area (Å²) in [6, 6.07) is 7.19. The molecule has 0 bridgehead atoms. The molecule has 5 nitrogen and oxygen atoms in total. The summed E-state index contributed by atoms with van der Waals surface area (Å²) in [5.74, 6) is -0.438. The van der Waals surface area contributed by atoms with Gasteiger partial charge in [0, 0.05) is 30.9 Å². The van der Waals surface area contributed by atoms with Crippen LogP contribution in [-0.2, 0) is 16.6 Å². The zero-order chi connectivity index (χ0) is 15.0. The Morgan fingerprint density at radius 2 is 2.10 bits per heavy atom. The van der Waals surface area contributed by atoms with Crippen molar-refractivity contribution in [3.8, 4) is 0 Å². The molecule has 5 heteroatoms. The van der Waals surface area contributed by atoms with Crippen LogP contribution in [0.25, 0.3) is 10.9 Å². The van der Waals surface area contributed by atoms with Gasteiger partial charge in [0.1, 0.15) is 6.04 Å². The van der Waals surface area contributed by atoms with E-state index in [-0.39, 0.29) is 11.9 Å². The molecule has 0 radical (unpaired) electrons. The highest BCUT2D eigenvalue weighted by molar-refractivity contribution is 6.00. The highest BCUT2D eigenvalue weighted by Crippen LogP contribution is 2.23. The summed E-state index contributed by atoms with van der Waals surface area (Å²) < 4.78 is 6.77. The molecule has 2 aromatic rings. The summed E-state index contributed by atoms with van der Waals surface area (Å²) in [7, 11) is 3.31. The molecular weight excluding hydrogens is 268 g/mol. The second-order valence-electron chi connectivity index (χ2n) is 5.38. The van der Waals surface area contributed by atoms with Gasteiger partial charge in [0.05, 0.1) is 7.11 Å². The number of benzene rings is 1. The third-order valence-electron chi connectivity index (χ3n) is 4.12. The van der Waals surface area contributed by atoms with Gasteiger partial charge in [-0.1, -0.05) is 6.07 Å². The van der Waals surface area contributed by atoms with Crippen molar-refractivity contribution in [2.75, 3.05) is 13.7 Å². The Morgan fingerprint density at radius 1 is 1.29 bits per heavy atom. The molecule has 2 heterocycles. The number of nitrogens with zero attached hydrogens (tertiary/aromatic N) is 2. The average Bonchev–Trinajstić information content (AvgIpc) is 3.13. The topological polar surface area (TPSA) is 51.5 Å². The average molecular weight is 286 g/mol. The number of aryl methyl sites for hydroxylation is 1. The van der Waals surface area contributed by atoms with Crippen molar-refractivity contribution in [2.24, 2.45) is 7.05 Å². The van der Waals surface area contributed by atoms with Crippen LogP contribution in [0, 0.1) is 0 Å². The van der Waals surface area contributed by atoms with Crippen LogP contribution in [0.3, 0.4) is 0 Å². The van der Waals surface area contributed by atoms with Gasteiger partial charge in [-0.2, -0.15) is 0 Å². The number of esters is 1. The van der Waals surface area contributed by atoms with E-state index in [1.54, 1.807) is 4.90 Å². The minimum Gasteiger partial charge on any atom is -0.467 e. The lowest BCUT2D eigenvalue weighted by Crippen LogP contribution is -2.41. The van der Waals surface area contributed by atoms with Crippen LogP contribution >= 0.6 is 0 Å². The van der Waals surface area contributed by atoms with Crippen LogP contribution in [0.2, 0.25) is 0 Å². The Kier molecular flexibility index (Phi) is 3.41. The van der Waals surface area contributed by atoms with Gasteiger partial charge in [0.15, 0.2) is 0 Å². The number of hydrogen-bond donors (Lipinski definition) is 0. The van der Waals surface area contributed by atoms with E-state index in [0.717, 1.165) is 17.3 Å². The Balaban J connectivity index is 1.92. The van der Waals surface area contributed by atoms with Crippen molar-refractivity contribution in [3.63, 3.8) is 0 Å². The zero-order valence-electron chi connectivity index (χ0n) is 12.2. The quantitative estimate of drug-likeness (QED) is 0.793. The Morgan fingerprint density at radius 3 is 2.86 bits per heavy atom. The number of ether oxygens (including phenoxy) is 1. The van der Waals surface area contributed by atoms with E-state index < -0.39 is 6.04 Å². The first kappa shape index (κ1) is 13.7. The molecule has 0 N–H and O–H groups in total. The maximum atomic E-state index is 12.7. The van der Waals surface area contributed by atoms with E-state index in [9.17, 15) is 9.59 Å². The minimum absolute atomic E-state index is 0.106.